The van der Waals surface area contributed by atoms with Gasteiger partial charge in [0.1, 0.15) is 0 Å². The minimum absolute atomic E-state index is 0. The molecule has 0 radical (unpaired) electrons. The van der Waals surface area contributed by atoms with Crippen molar-refractivity contribution in [3.63, 3.8) is 0 Å². The van der Waals surface area contributed by atoms with Crippen LogP contribution in [0.15, 0.2) is 0 Å². The van der Waals surface area contributed by atoms with Crippen LogP contribution in [0.25, 0.3) is 0 Å². The summed E-state index contributed by atoms with van der Waals surface area (Å²) < 4.78 is -0.160. The molecule has 0 aliphatic heterocycles. The molecule has 0 spiro atoms. The molecule has 0 aromatic carbocycles. The SMILES string of the molecule is O.O=[N+](O)[Zr-]. The van der Waals surface area contributed by atoms with E-state index in [4.69, 9.17) is 10.1 Å². The van der Waals surface area contributed by atoms with E-state index in [1.54, 1.807) is 0 Å². The molecule has 5 heavy (non-hydrogen) atoms. The summed E-state index contributed by atoms with van der Waals surface area (Å²) in [7, 11) is 0. The van der Waals surface area contributed by atoms with Gasteiger partial charge >= 0.3 is 38.0 Å². The van der Waals surface area contributed by atoms with Crippen LogP contribution in [0.3, 0.4) is 0 Å². The predicted octanol–water partition coefficient (Wildman–Crippen LogP) is -1.21. The van der Waals surface area contributed by atoms with E-state index in [1.165, 1.54) is 0 Å². The van der Waals surface area contributed by atoms with E-state index in [0.717, 1.165) is 0 Å². The standard InChI is InChI=1S/HNO2.H2O.Zr/c2-1-3;;/h(H,2,3);1H2;. The Hall–Kier alpha value is 0.243. The molecule has 5 heteroatoms. The second kappa shape index (κ2) is 4.24. The number of hydrogen-bond donors (Lipinski definition) is 1. The molecule has 0 amide bonds. The van der Waals surface area contributed by atoms with Crippen molar-refractivity contribution in [3.8, 4) is 0 Å². The Bertz CT molecular complexity index is 29.9. The van der Waals surface area contributed by atoms with Crippen molar-refractivity contribution in [1.82, 2.24) is 0 Å². The Kier molecular flexibility index (Phi) is 7.62. The maximum atomic E-state index is 8.96. The monoisotopic (exact) mass is 155 g/mol. The Morgan fingerprint density at radius 3 is 1.80 bits per heavy atom. The van der Waals surface area contributed by atoms with Gasteiger partial charge in [0.25, 0.3) is 0 Å². The van der Waals surface area contributed by atoms with E-state index in [0.29, 0.717) is 25.0 Å². The molecule has 4 nitrogen and oxygen atoms in total. The second-order valence-electron chi connectivity index (χ2n) is 0.273. The zero-order valence-corrected chi connectivity index (χ0v) is 4.76. The molecule has 30 valence electrons. The van der Waals surface area contributed by atoms with Gasteiger partial charge < -0.3 is 5.48 Å². The molecule has 0 fully saturated rings. The molecule has 0 unspecified atom stereocenters. The Morgan fingerprint density at radius 1 is 1.80 bits per heavy atom. The Labute approximate surface area is 43.9 Å². The average Bonchev–Trinajstić information content (AvgIpc) is 0.811. The molecule has 0 saturated carbocycles. The van der Waals surface area contributed by atoms with Crippen LogP contribution < -0.4 is 0 Å². The van der Waals surface area contributed by atoms with Crippen LogP contribution in [0.4, 0.5) is 0 Å². The molecule has 0 aromatic rings. The van der Waals surface area contributed by atoms with Crippen LogP contribution in [0.5, 0.6) is 0 Å². The minimum atomic E-state index is -0.160. The number of rotatable bonds is 0. The summed E-state index contributed by atoms with van der Waals surface area (Å²) in [6.07, 6.45) is 0. The van der Waals surface area contributed by atoms with Crippen molar-refractivity contribution in [2.45, 2.75) is 0 Å². The Morgan fingerprint density at radius 2 is 1.80 bits per heavy atom. The molecule has 0 aromatic heterocycles. The number of nitrogens with zero attached hydrogens (tertiary/aromatic N) is 1. The molecule has 0 aliphatic carbocycles. The van der Waals surface area contributed by atoms with Gasteiger partial charge in [-0.05, 0) is 0 Å². The predicted molar refractivity (Wildman–Crippen MR) is 9.03 cm³/mol. The topological polar surface area (TPSA) is 71.8 Å². The van der Waals surface area contributed by atoms with Crippen LogP contribution in [0.1, 0.15) is 0 Å². The van der Waals surface area contributed by atoms with Crippen LogP contribution in [0.2, 0.25) is 0 Å². The van der Waals surface area contributed by atoms with E-state index >= 15 is 0 Å². The first kappa shape index (κ1) is 8.97. The van der Waals surface area contributed by atoms with E-state index in [-0.39, 0.29) is 8.34 Å². The molecule has 0 aliphatic rings. The fourth-order valence-electron chi connectivity index (χ4n) is 0. The summed E-state index contributed by atoms with van der Waals surface area (Å²) in [5.41, 5.74) is 0. The maximum absolute atomic E-state index is 8.96. The van der Waals surface area contributed by atoms with Crippen LogP contribution in [0, 0.1) is 4.91 Å². The molecule has 0 bridgehead atoms. The summed E-state index contributed by atoms with van der Waals surface area (Å²) in [6.45, 7) is 0. The molecule has 0 atom stereocenters. The van der Waals surface area contributed by atoms with Crippen LogP contribution in [-0.2, 0) is 25.0 Å². The van der Waals surface area contributed by atoms with Crippen molar-refractivity contribution in [2.24, 2.45) is 0 Å². The van der Waals surface area contributed by atoms with Gasteiger partial charge in [-0.3, -0.25) is 0 Å². The first-order chi connectivity index (χ1) is 1.73. The molecule has 0 heterocycles. The van der Waals surface area contributed by atoms with Crippen LogP contribution >= 0.6 is 0 Å². The zero-order chi connectivity index (χ0) is 3.58. The van der Waals surface area contributed by atoms with Crippen molar-refractivity contribution in [2.75, 3.05) is 0 Å². The molecular formula is H3NO3Zr. The molecule has 3 N–H and O–H groups in total. The fourth-order valence-corrected chi connectivity index (χ4v) is 0. The summed E-state index contributed by atoms with van der Waals surface area (Å²) in [6, 6.07) is 0. The van der Waals surface area contributed by atoms with Gasteiger partial charge in [-0.2, -0.15) is 0 Å². The first-order valence-corrected chi connectivity index (χ1v) is 1.71. The molecular weight excluding hydrogens is 153 g/mol. The van der Waals surface area contributed by atoms with E-state index in [9.17, 15) is 0 Å². The zero-order valence-electron chi connectivity index (χ0n) is 2.30. The third kappa shape index (κ3) is 361. The average molecular weight is 156 g/mol. The first-order valence-electron chi connectivity index (χ1n) is 0.606. The van der Waals surface area contributed by atoms with Gasteiger partial charge in [-0.25, -0.2) is 0 Å². The van der Waals surface area contributed by atoms with Crippen molar-refractivity contribution < 1.29 is 38.6 Å². The third-order valence-electron chi connectivity index (χ3n) is 0. The quantitative estimate of drug-likeness (QED) is 0.447. The van der Waals surface area contributed by atoms with Crippen molar-refractivity contribution in [1.29, 1.82) is 0 Å². The van der Waals surface area contributed by atoms with Gasteiger partial charge in [0.15, 0.2) is 0 Å². The van der Waals surface area contributed by atoms with E-state index in [1.807, 2.05) is 0 Å². The summed E-state index contributed by atoms with van der Waals surface area (Å²) in [4.78, 5) is 8.96. The van der Waals surface area contributed by atoms with Gasteiger partial charge in [-0.15, -0.1) is 0 Å². The Balaban J connectivity index is 0. The summed E-state index contributed by atoms with van der Waals surface area (Å²) in [5, 5.41) is 7.37. The summed E-state index contributed by atoms with van der Waals surface area (Å²) >= 11 is 0.470. The van der Waals surface area contributed by atoms with Gasteiger partial charge in [0.2, 0.25) is 0 Å². The second-order valence-corrected chi connectivity index (χ2v) is 1.21. The van der Waals surface area contributed by atoms with Crippen LogP contribution in [-0.4, -0.2) is 13.6 Å². The van der Waals surface area contributed by atoms with E-state index < -0.39 is 0 Å². The summed E-state index contributed by atoms with van der Waals surface area (Å²) in [5.74, 6) is 0. The number of hydrogen-bond acceptors (Lipinski definition) is 1. The van der Waals surface area contributed by atoms with Gasteiger partial charge in [0, 0.05) is 0 Å². The van der Waals surface area contributed by atoms with Gasteiger partial charge in [0.05, 0.1) is 0 Å². The normalized spacial score (nSPS) is 4.80. The fraction of sp³-hybridized carbons (Fsp3) is 0. The third-order valence-corrected chi connectivity index (χ3v) is 0. The van der Waals surface area contributed by atoms with E-state index in [2.05, 4.69) is 0 Å². The molecule has 0 saturated heterocycles. The van der Waals surface area contributed by atoms with Crippen molar-refractivity contribution >= 4 is 0 Å². The van der Waals surface area contributed by atoms with Crippen molar-refractivity contribution in [3.05, 3.63) is 4.91 Å². The van der Waals surface area contributed by atoms with Gasteiger partial charge in [-0.1, -0.05) is 0 Å². The molecule has 0 rings (SSSR count).